The number of halogens is 1. The molecule has 0 radical (unpaired) electrons. The molecule has 0 bridgehead atoms. The first-order valence-corrected chi connectivity index (χ1v) is 11.6. The summed E-state index contributed by atoms with van der Waals surface area (Å²) in [5.74, 6) is 0.193. The van der Waals surface area contributed by atoms with Crippen molar-refractivity contribution in [1.29, 1.82) is 0 Å². The molecule has 0 saturated heterocycles. The van der Waals surface area contributed by atoms with Crippen molar-refractivity contribution in [3.05, 3.63) is 103 Å². The Balaban J connectivity index is 1.41. The maximum atomic E-state index is 13.8. The standard InChI is InChI=1S/C26H23FN4O2S/c1-2-16-31-24(17-33-23-15-9-7-13-21(23)27)29-30-26(31)34-18-25(32)28-22-14-8-6-12-20(22)19-10-4-3-5-11-19/h2-15H,1,16-18H2,(H,28,32). The molecule has 0 aliphatic rings. The maximum absolute atomic E-state index is 13.8. The monoisotopic (exact) mass is 474 g/mol. The molecule has 0 saturated carbocycles. The molecule has 1 heterocycles. The third kappa shape index (κ3) is 5.71. The number of allylic oxidation sites excluding steroid dienone is 1. The van der Waals surface area contributed by atoms with Gasteiger partial charge in [-0.1, -0.05) is 78.5 Å². The van der Waals surface area contributed by atoms with Gasteiger partial charge in [0.15, 0.2) is 22.5 Å². The highest BCUT2D eigenvalue weighted by Gasteiger charge is 2.15. The van der Waals surface area contributed by atoms with Crippen LogP contribution in [0.15, 0.2) is 96.7 Å². The molecule has 172 valence electrons. The van der Waals surface area contributed by atoms with Crippen molar-refractivity contribution in [2.75, 3.05) is 11.1 Å². The quantitative estimate of drug-likeness (QED) is 0.240. The second kappa shape index (κ2) is 11.3. The van der Waals surface area contributed by atoms with Crippen LogP contribution >= 0.6 is 11.8 Å². The first-order valence-electron chi connectivity index (χ1n) is 10.6. The van der Waals surface area contributed by atoms with E-state index in [1.54, 1.807) is 28.8 Å². The first-order chi connectivity index (χ1) is 16.7. The van der Waals surface area contributed by atoms with Gasteiger partial charge >= 0.3 is 0 Å². The average molecular weight is 475 g/mol. The molecular formula is C26H23FN4O2S. The van der Waals surface area contributed by atoms with Crippen LogP contribution in [-0.4, -0.2) is 26.4 Å². The highest BCUT2D eigenvalue weighted by molar-refractivity contribution is 7.99. The van der Waals surface area contributed by atoms with Gasteiger partial charge in [-0.15, -0.1) is 16.8 Å². The summed E-state index contributed by atoms with van der Waals surface area (Å²) in [7, 11) is 0. The molecule has 0 atom stereocenters. The number of hydrogen-bond acceptors (Lipinski definition) is 5. The summed E-state index contributed by atoms with van der Waals surface area (Å²) < 4.78 is 21.2. The van der Waals surface area contributed by atoms with Crippen LogP contribution in [-0.2, 0) is 17.9 Å². The second-order valence-corrected chi connectivity index (χ2v) is 8.21. The van der Waals surface area contributed by atoms with Crippen molar-refractivity contribution in [3.8, 4) is 16.9 Å². The summed E-state index contributed by atoms with van der Waals surface area (Å²) in [4.78, 5) is 12.7. The van der Waals surface area contributed by atoms with E-state index < -0.39 is 5.82 Å². The third-order valence-corrected chi connectivity index (χ3v) is 5.88. The lowest BCUT2D eigenvalue weighted by Gasteiger charge is -2.12. The van der Waals surface area contributed by atoms with E-state index in [2.05, 4.69) is 22.1 Å². The molecule has 4 rings (SSSR count). The summed E-state index contributed by atoms with van der Waals surface area (Å²) in [5, 5.41) is 11.9. The van der Waals surface area contributed by atoms with Gasteiger partial charge in [0.1, 0.15) is 6.61 Å². The van der Waals surface area contributed by atoms with Crippen molar-refractivity contribution in [1.82, 2.24) is 14.8 Å². The topological polar surface area (TPSA) is 69.0 Å². The van der Waals surface area contributed by atoms with Gasteiger partial charge in [-0.2, -0.15) is 0 Å². The predicted octanol–water partition coefficient (Wildman–Crippen LogP) is 5.58. The number of hydrogen-bond donors (Lipinski definition) is 1. The molecule has 0 fully saturated rings. The van der Waals surface area contributed by atoms with Crippen molar-refractivity contribution in [3.63, 3.8) is 0 Å². The Labute approximate surface area is 201 Å². The molecule has 0 unspecified atom stereocenters. The Morgan fingerprint density at radius 3 is 2.56 bits per heavy atom. The van der Waals surface area contributed by atoms with E-state index in [1.165, 1.54) is 17.8 Å². The Bertz CT molecular complexity index is 1280. The fourth-order valence-corrected chi connectivity index (χ4v) is 4.09. The number of thioether (sulfide) groups is 1. The lowest BCUT2D eigenvalue weighted by molar-refractivity contribution is -0.113. The van der Waals surface area contributed by atoms with Crippen LogP contribution in [0.4, 0.5) is 10.1 Å². The van der Waals surface area contributed by atoms with Gasteiger partial charge in [0.05, 0.1) is 5.75 Å². The highest BCUT2D eigenvalue weighted by atomic mass is 32.2. The Kier molecular flexibility index (Phi) is 7.72. The minimum atomic E-state index is -0.445. The predicted molar refractivity (Wildman–Crippen MR) is 132 cm³/mol. The fourth-order valence-electron chi connectivity index (χ4n) is 3.33. The van der Waals surface area contributed by atoms with Crippen LogP contribution < -0.4 is 10.1 Å². The number of carbonyl (C=O) groups is 1. The zero-order valence-corrected chi connectivity index (χ0v) is 19.2. The molecule has 1 aromatic heterocycles. The molecule has 1 amide bonds. The minimum Gasteiger partial charge on any atom is -0.483 e. The third-order valence-electron chi connectivity index (χ3n) is 4.92. The summed E-state index contributed by atoms with van der Waals surface area (Å²) in [6.07, 6.45) is 1.70. The number of amides is 1. The van der Waals surface area contributed by atoms with Crippen molar-refractivity contribution < 1.29 is 13.9 Å². The van der Waals surface area contributed by atoms with E-state index in [9.17, 15) is 9.18 Å². The summed E-state index contributed by atoms with van der Waals surface area (Å²) in [6.45, 7) is 4.25. The second-order valence-electron chi connectivity index (χ2n) is 7.27. The van der Waals surface area contributed by atoms with Gasteiger partial charge in [0.2, 0.25) is 5.91 Å². The largest absolute Gasteiger partial charge is 0.483 e. The van der Waals surface area contributed by atoms with E-state index in [4.69, 9.17) is 4.74 Å². The molecule has 6 nitrogen and oxygen atoms in total. The van der Waals surface area contributed by atoms with Gasteiger partial charge < -0.3 is 10.1 Å². The lowest BCUT2D eigenvalue weighted by Crippen LogP contribution is -2.15. The maximum Gasteiger partial charge on any atom is 0.234 e. The van der Waals surface area contributed by atoms with E-state index in [0.29, 0.717) is 17.5 Å². The number of ether oxygens (including phenoxy) is 1. The molecule has 0 aliphatic heterocycles. The number of anilines is 1. The SMILES string of the molecule is C=CCn1c(COc2ccccc2F)nnc1SCC(=O)Nc1ccccc1-c1ccccc1. The van der Waals surface area contributed by atoms with Crippen LogP contribution in [0.3, 0.4) is 0 Å². The molecule has 0 spiro atoms. The lowest BCUT2D eigenvalue weighted by atomic mass is 10.0. The smallest absolute Gasteiger partial charge is 0.234 e. The van der Waals surface area contributed by atoms with Crippen LogP contribution in [0.25, 0.3) is 11.1 Å². The van der Waals surface area contributed by atoms with E-state index in [0.717, 1.165) is 16.8 Å². The van der Waals surface area contributed by atoms with E-state index in [-0.39, 0.29) is 24.0 Å². The zero-order valence-electron chi connectivity index (χ0n) is 18.4. The molecule has 34 heavy (non-hydrogen) atoms. The summed E-state index contributed by atoms with van der Waals surface area (Å²) in [6, 6.07) is 23.7. The van der Waals surface area contributed by atoms with Gasteiger partial charge in [-0.25, -0.2) is 4.39 Å². The molecule has 0 aliphatic carbocycles. The summed E-state index contributed by atoms with van der Waals surface area (Å²) in [5.41, 5.74) is 2.71. The molecule has 8 heteroatoms. The van der Waals surface area contributed by atoms with Crippen LogP contribution in [0.2, 0.25) is 0 Å². The Hall–Kier alpha value is -3.91. The normalized spacial score (nSPS) is 10.6. The number of benzene rings is 3. The van der Waals surface area contributed by atoms with Crippen molar-refractivity contribution in [2.24, 2.45) is 0 Å². The van der Waals surface area contributed by atoms with Gasteiger partial charge in [-0.05, 0) is 23.8 Å². The highest BCUT2D eigenvalue weighted by Crippen LogP contribution is 2.28. The number of para-hydroxylation sites is 2. The molecule has 3 aromatic carbocycles. The number of nitrogens with zero attached hydrogens (tertiary/aromatic N) is 3. The Morgan fingerprint density at radius 2 is 1.76 bits per heavy atom. The molecule has 1 N–H and O–H groups in total. The average Bonchev–Trinajstić information content (AvgIpc) is 3.25. The van der Waals surface area contributed by atoms with Crippen molar-refractivity contribution in [2.45, 2.75) is 18.3 Å². The summed E-state index contributed by atoms with van der Waals surface area (Å²) >= 11 is 1.26. The number of aromatic nitrogens is 3. The molecular weight excluding hydrogens is 451 g/mol. The van der Waals surface area contributed by atoms with Crippen LogP contribution in [0, 0.1) is 5.82 Å². The number of carbonyl (C=O) groups excluding carboxylic acids is 1. The van der Waals surface area contributed by atoms with Gasteiger partial charge in [0, 0.05) is 17.8 Å². The van der Waals surface area contributed by atoms with E-state index in [1.807, 2.05) is 54.6 Å². The van der Waals surface area contributed by atoms with Crippen LogP contribution in [0.1, 0.15) is 5.82 Å². The van der Waals surface area contributed by atoms with Crippen LogP contribution in [0.5, 0.6) is 5.75 Å². The fraction of sp³-hybridized carbons (Fsp3) is 0.115. The van der Waals surface area contributed by atoms with E-state index >= 15 is 0 Å². The minimum absolute atomic E-state index is 0.0407. The first kappa shape index (κ1) is 23.3. The Morgan fingerprint density at radius 1 is 1.03 bits per heavy atom. The number of nitrogens with one attached hydrogen (secondary N) is 1. The van der Waals surface area contributed by atoms with Gasteiger partial charge in [-0.3, -0.25) is 9.36 Å². The van der Waals surface area contributed by atoms with Gasteiger partial charge in [0.25, 0.3) is 0 Å². The molecule has 4 aromatic rings. The number of rotatable bonds is 10. The zero-order chi connectivity index (χ0) is 23.8. The van der Waals surface area contributed by atoms with Crippen molar-refractivity contribution >= 4 is 23.4 Å².